The van der Waals surface area contributed by atoms with E-state index in [9.17, 15) is 32.9 Å². The molecular formula is C10H17FN3O13P3S. The van der Waals surface area contributed by atoms with Crippen LogP contribution in [0.1, 0.15) is 6.23 Å². The fraction of sp³-hybridized carbons (Fsp3) is 0.600. The van der Waals surface area contributed by atoms with Crippen LogP contribution in [0.25, 0.3) is 0 Å². The molecule has 178 valence electrons. The second kappa shape index (κ2) is 9.27. The average molecular weight is 531 g/mol. The molecule has 6 atom stereocenters. The zero-order chi connectivity index (χ0) is 23.8. The summed E-state index contributed by atoms with van der Waals surface area (Å²) in [5, 5.41) is 10.2. The Morgan fingerprint density at radius 2 is 1.97 bits per heavy atom. The van der Waals surface area contributed by atoms with E-state index in [1.165, 1.54) is 0 Å². The van der Waals surface area contributed by atoms with E-state index in [1.54, 1.807) is 0 Å². The highest BCUT2D eigenvalue weighted by molar-refractivity contribution is 8.45. The number of thiol groups is 1. The van der Waals surface area contributed by atoms with Crippen molar-refractivity contribution < 1.29 is 60.5 Å². The van der Waals surface area contributed by atoms with Gasteiger partial charge in [-0.2, -0.15) is 13.6 Å². The number of hydrogen-bond donors (Lipinski definition) is 6. The molecule has 1 saturated heterocycles. The van der Waals surface area contributed by atoms with Gasteiger partial charge in [0.2, 0.25) is 5.79 Å². The van der Waals surface area contributed by atoms with Crippen molar-refractivity contribution in [3.05, 3.63) is 22.7 Å². The van der Waals surface area contributed by atoms with Crippen molar-refractivity contribution in [3.63, 3.8) is 0 Å². The molecule has 1 aliphatic heterocycles. The fourth-order valence-electron chi connectivity index (χ4n) is 2.39. The number of nitrogens with two attached hydrogens (primary N) is 1. The van der Waals surface area contributed by atoms with Crippen molar-refractivity contribution in [1.82, 2.24) is 9.55 Å². The van der Waals surface area contributed by atoms with Crippen LogP contribution in [0, 0.1) is 0 Å². The predicted molar refractivity (Wildman–Crippen MR) is 100 cm³/mol. The molecule has 2 rings (SSSR count). The summed E-state index contributed by atoms with van der Waals surface area (Å²) in [7, 11) is -10.3. The van der Waals surface area contributed by atoms with Crippen LogP contribution in [-0.4, -0.2) is 61.1 Å². The maximum Gasteiger partial charge on any atom is 0.488 e. The number of aliphatic hydroxyl groups excluding tert-OH is 1. The van der Waals surface area contributed by atoms with Gasteiger partial charge in [0.15, 0.2) is 12.4 Å². The summed E-state index contributed by atoms with van der Waals surface area (Å²) in [6.07, 6.45) is -5.13. The predicted octanol–water partition coefficient (Wildman–Crippen LogP) is -0.323. The van der Waals surface area contributed by atoms with Gasteiger partial charge in [-0.05, 0) is 6.07 Å². The molecule has 1 aromatic heterocycles. The summed E-state index contributed by atoms with van der Waals surface area (Å²) in [5.41, 5.74) is 4.34. The minimum Gasteiger partial charge on any atom is -0.385 e. The molecule has 2 heterocycles. The molecule has 1 aromatic rings. The highest BCUT2D eigenvalue weighted by Crippen LogP contribution is 2.70. The number of aromatic nitrogens is 2. The van der Waals surface area contributed by atoms with Gasteiger partial charge in [-0.25, -0.2) is 22.9 Å². The summed E-state index contributed by atoms with van der Waals surface area (Å²) in [4.78, 5) is 41.6. The standard InChI is InChI=1S/C10H17FN3O13P3S/c1-23-10(4-24-30(22,31)27-29(20,21)26-28(17,18)19)7(11)6(15)8(25-10)14-3-2-5(12)13-9(14)16/h2-3,6-8,15H,4H2,1H3,(H,20,21)(H,22,31)(H2,12,13,16)(H2,17,18,19)/t6-,7+,8-,10-,30?/m1/s1. The number of nitrogen functional groups attached to an aromatic ring is 1. The van der Waals surface area contributed by atoms with Crippen molar-refractivity contribution in [2.45, 2.75) is 24.3 Å². The van der Waals surface area contributed by atoms with E-state index in [1.807, 2.05) is 0 Å². The smallest absolute Gasteiger partial charge is 0.385 e. The number of anilines is 1. The molecule has 1 fully saturated rings. The molecule has 16 nitrogen and oxygen atoms in total. The van der Waals surface area contributed by atoms with Crippen LogP contribution in [0.2, 0.25) is 0 Å². The molecule has 1 aliphatic rings. The first-order chi connectivity index (χ1) is 14.0. The molecule has 2 unspecified atom stereocenters. The lowest BCUT2D eigenvalue weighted by molar-refractivity contribution is -0.257. The number of methoxy groups -OCH3 is 1. The van der Waals surface area contributed by atoms with Crippen molar-refractivity contribution >= 4 is 40.5 Å². The number of aliphatic hydroxyl groups is 1. The molecule has 21 heteroatoms. The Hall–Kier alpha value is -0.710. The Bertz CT molecular complexity index is 1020. The Morgan fingerprint density at radius 3 is 2.48 bits per heavy atom. The topological polar surface area (TPSA) is 239 Å². The van der Waals surface area contributed by atoms with Crippen molar-refractivity contribution in [2.75, 3.05) is 19.5 Å². The maximum absolute atomic E-state index is 14.8. The first kappa shape index (κ1) is 26.5. The van der Waals surface area contributed by atoms with Gasteiger partial charge >= 0.3 is 28.1 Å². The molecule has 0 aliphatic carbocycles. The van der Waals surface area contributed by atoms with Crippen molar-refractivity contribution in [1.29, 1.82) is 0 Å². The molecule has 0 spiro atoms. The summed E-state index contributed by atoms with van der Waals surface area (Å²) in [6, 6.07) is 1.16. The first-order valence-electron chi connectivity index (χ1n) is 7.69. The minimum atomic E-state index is -5.64. The Kier molecular flexibility index (Phi) is 7.94. The third-order valence-electron chi connectivity index (χ3n) is 3.65. The Labute approximate surface area is 177 Å². The normalized spacial score (nSPS) is 30.6. The lowest BCUT2D eigenvalue weighted by atomic mass is 10.1. The van der Waals surface area contributed by atoms with Crippen molar-refractivity contribution in [2.24, 2.45) is 0 Å². The van der Waals surface area contributed by atoms with Gasteiger partial charge in [-0.1, -0.05) is 12.2 Å². The second-order valence-electron chi connectivity index (χ2n) is 5.82. The van der Waals surface area contributed by atoms with Gasteiger partial charge in [-0.3, -0.25) is 9.09 Å². The van der Waals surface area contributed by atoms with Crippen LogP contribution in [0.5, 0.6) is 0 Å². The molecular weight excluding hydrogens is 514 g/mol. The average Bonchev–Trinajstić information content (AvgIpc) is 2.82. The van der Waals surface area contributed by atoms with Crippen LogP contribution in [0.4, 0.5) is 10.2 Å². The van der Waals surface area contributed by atoms with Gasteiger partial charge in [0.05, 0.1) is 0 Å². The Balaban J connectivity index is 2.20. The SMILES string of the molecule is CO[C@]1(COP(=O)(S)OP(=O)(O)OP(=O)(O)O)O[C@@H](n2ccc(N)nc2=O)[C@H](O)[C@@H]1F. The minimum absolute atomic E-state index is 0.161. The van der Waals surface area contributed by atoms with E-state index in [0.717, 1.165) is 19.4 Å². The third-order valence-corrected chi connectivity index (χ3v) is 8.43. The zero-order valence-electron chi connectivity index (χ0n) is 15.2. The van der Waals surface area contributed by atoms with E-state index in [4.69, 9.17) is 25.0 Å². The molecule has 0 saturated carbocycles. The molecule has 31 heavy (non-hydrogen) atoms. The van der Waals surface area contributed by atoms with E-state index in [2.05, 4.69) is 30.4 Å². The number of hydrogen-bond acceptors (Lipinski definition) is 12. The summed E-state index contributed by atoms with van der Waals surface area (Å²) in [6.45, 7) is -6.16. The highest BCUT2D eigenvalue weighted by atomic mass is 32.7. The number of phosphoric acid groups is 2. The second-order valence-corrected chi connectivity index (χ2v) is 11.7. The largest absolute Gasteiger partial charge is 0.488 e. The van der Waals surface area contributed by atoms with Gasteiger partial charge in [0.25, 0.3) is 0 Å². The highest BCUT2D eigenvalue weighted by Gasteiger charge is 2.58. The quantitative estimate of drug-likeness (QED) is 0.177. The summed E-state index contributed by atoms with van der Waals surface area (Å²) < 4.78 is 71.9. The number of ether oxygens (including phenoxy) is 2. The molecule has 0 amide bonds. The molecule has 0 bridgehead atoms. The number of halogens is 1. The number of rotatable bonds is 9. The zero-order valence-corrected chi connectivity index (χ0v) is 18.8. The van der Waals surface area contributed by atoms with E-state index in [-0.39, 0.29) is 5.82 Å². The molecule has 0 radical (unpaired) electrons. The lowest BCUT2D eigenvalue weighted by Crippen LogP contribution is -2.46. The molecule has 6 N–H and O–H groups in total. The summed E-state index contributed by atoms with van der Waals surface area (Å²) >= 11 is 3.32. The molecule has 0 aromatic carbocycles. The Morgan fingerprint density at radius 1 is 1.35 bits per heavy atom. The summed E-state index contributed by atoms with van der Waals surface area (Å²) in [5.74, 6) is -2.69. The maximum atomic E-state index is 14.8. The van der Waals surface area contributed by atoms with Gasteiger partial charge in [-0.15, -0.1) is 0 Å². The van der Waals surface area contributed by atoms with Crippen LogP contribution in [0.3, 0.4) is 0 Å². The van der Waals surface area contributed by atoms with Gasteiger partial charge in [0, 0.05) is 13.3 Å². The fourth-order valence-corrected chi connectivity index (χ4v) is 6.43. The number of alkyl halides is 1. The van der Waals surface area contributed by atoms with Gasteiger partial charge in [0.1, 0.15) is 18.5 Å². The first-order valence-corrected chi connectivity index (χ1v) is 13.4. The van der Waals surface area contributed by atoms with E-state index in [0.29, 0.717) is 4.57 Å². The van der Waals surface area contributed by atoms with Crippen LogP contribution < -0.4 is 11.4 Å². The van der Waals surface area contributed by atoms with E-state index < -0.39 is 59.0 Å². The van der Waals surface area contributed by atoms with E-state index >= 15 is 0 Å². The third kappa shape index (κ3) is 6.65. The van der Waals surface area contributed by atoms with Crippen molar-refractivity contribution in [3.8, 4) is 0 Å². The van der Waals surface area contributed by atoms with Crippen LogP contribution in [0.15, 0.2) is 17.1 Å². The number of nitrogens with zero attached hydrogens (tertiary/aromatic N) is 2. The monoisotopic (exact) mass is 531 g/mol. The lowest BCUT2D eigenvalue weighted by Gasteiger charge is -2.29. The van der Waals surface area contributed by atoms with Crippen LogP contribution in [-0.2, 0) is 36.3 Å². The van der Waals surface area contributed by atoms with Crippen LogP contribution >= 0.6 is 34.7 Å². The van der Waals surface area contributed by atoms with Gasteiger partial charge < -0.3 is 35.0 Å².